The van der Waals surface area contributed by atoms with Gasteiger partial charge in [-0.15, -0.1) is 11.3 Å². The zero-order valence-electron chi connectivity index (χ0n) is 12.6. The van der Waals surface area contributed by atoms with Crippen LogP contribution in [0.4, 0.5) is 0 Å². The largest absolute Gasteiger partial charge is 0.448 e. The molecule has 2 heterocycles. The summed E-state index contributed by atoms with van der Waals surface area (Å²) < 4.78 is 11.4. The van der Waals surface area contributed by atoms with Gasteiger partial charge in [0.1, 0.15) is 4.88 Å². The van der Waals surface area contributed by atoms with E-state index in [4.69, 9.17) is 21.1 Å². The van der Waals surface area contributed by atoms with Crippen LogP contribution in [0.25, 0.3) is 10.1 Å². The van der Waals surface area contributed by atoms with Crippen molar-refractivity contribution >= 4 is 44.9 Å². The van der Waals surface area contributed by atoms with Gasteiger partial charge in [0, 0.05) is 23.2 Å². The second kappa shape index (κ2) is 6.86. The molecule has 23 heavy (non-hydrogen) atoms. The van der Waals surface area contributed by atoms with E-state index in [0.717, 1.165) is 10.1 Å². The van der Waals surface area contributed by atoms with Crippen LogP contribution in [0.5, 0.6) is 0 Å². The molecule has 0 saturated carbocycles. The molecule has 1 aliphatic rings. The van der Waals surface area contributed by atoms with Gasteiger partial charge < -0.3 is 14.4 Å². The zero-order chi connectivity index (χ0) is 16.4. The third-order valence-electron chi connectivity index (χ3n) is 3.67. The molecule has 0 radical (unpaired) electrons. The SMILES string of the molecule is CC(OC(=O)c1sc2ccccc2c1Cl)C(=O)N1CCOCC1. The number of ether oxygens (including phenoxy) is 2. The van der Waals surface area contributed by atoms with E-state index < -0.39 is 12.1 Å². The number of nitrogens with zero attached hydrogens (tertiary/aromatic N) is 1. The first-order chi connectivity index (χ1) is 11.1. The van der Waals surface area contributed by atoms with Gasteiger partial charge in [0.05, 0.1) is 18.2 Å². The highest BCUT2D eigenvalue weighted by molar-refractivity contribution is 7.21. The van der Waals surface area contributed by atoms with Crippen LogP contribution in [0, 0.1) is 0 Å². The topological polar surface area (TPSA) is 55.8 Å². The van der Waals surface area contributed by atoms with Crippen molar-refractivity contribution in [2.24, 2.45) is 0 Å². The number of halogens is 1. The van der Waals surface area contributed by atoms with Gasteiger partial charge in [-0.25, -0.2) is 4.79 Å². The van der Waals surface area contributed by atoms with E-state index in [1.807, 2.05) is 24.3 Å². The molecule has 0 bridgehead atoms. The molecule has 1 unspecified atom stereocenters. The Morgan fingerprint density at radius 3 is 2.70 bits per heavy atom. The number of hydrogen-bond donors (Lipinski definition) is 0. The molecule has 1 fully saturated rings. The lowest BCUT2D eigenvalue weighted by Gasteiger charge is -2.28. The van der Waals surface area contributed by atoms with Crippen molar-refractivity contribution in [2.75, 3.05) is 26.3 Å². The average molecular weight is 354 g/mol. The highest BCUT2D eigenvalue weighted by Gasteiger charge is 2.27. The quantitative estimate of drug-likeness (QED) is 0.796. The summed E-state index contributed by atoms with van der Waals surface area (Å²) in [5, 5.41) is 1.19. The Hall–Kier alpha value is -1.63. The van der Waals surface area contributed by atoms with Gasteiger partial charge in [-0.3, -0.25) is 4.79 Å². The molecule has 1 aromatic carbocycles. The summed E-state index contributed by atoms with van der Waals surface area (Å²) in [5.74, 6) is -0.774. The summed E-state index contributed by atoms with van der Waals surface area (Å²) in [4.78, 5) is 26.6. The van der Waals surface area contributed by atoms with Gasteiger partial charge in [-0.2, -0.15) is 0 Å². The molecule has 1 amide bonds. The summed E-state index contributed by atoms with van der Waals surface area (Å²) in [5.41, 5.74) is 0. The molecule has 1 atom stereocenters. The highest BCUT2D eigenvalue weighted by atomic mass is 35.5. The lowest BCUT2D eigenvalue weighted by atomic mass is 10.2. The summed E-state index contributed by atoms with van der Waals surface area (Å²) >= 11 is 7.53. The van der Waals surface area contributed by atoms with Crippen molar-refractivity contribution in [1.29, 1.82) is 0 Å². The monoisotopic (exact) mass is 353 g/mol. The predicted molar refractivity (Wildman–Crippen MR) is 89.1 cm³/mol. The fourth-order valence-electron chi connectivity index (χ4n) is 2.45. The number of thiophene rings is 1. The highest BCUT2D eigenvalue weighted by Crippen LogP contribution is 2.35. The molecule has 0 spiro atoms. The van der Waals surface area contributed by atoms with E-state index in [1.54, 1.807) is 11.8 Å². The van der Waals surface area contributed by atoms with E-state index in [2.05, 4.69) is 0 Å². The van der Waals surface area contributed by atoms with Crippen LogP contribution < -0.4 is 0 Å². The minimum absolute atomic E-state index is 0.209. The fourth-order valence-corrected chi connectivity index (χ4v) is 3.84. The number of esters is 1. The van der Waals surface area contributed by atoms with E-state index in [9.17, 15) is 9.59 Å². The summed E-state index contributed by atoms with van der Waals surface area (Å²) in [6.07, 6.45) is -0.845. The minimum Gasteiger partial charge on any atom is -0.448 e. The first-order valence-corrected chi connectivity index (χ1v) is 8.52. The molecule has 7 heteroatoms. The zero-order valence-corrected chi connectivity index (χ0v) is 14.2. The standard InChI is InChI=1S/C16H16ClNO4S/c1-10(15(19)18-6-8-21-9-7-18)22-16(20)14-13(17)11-4-2-3-5-12(11)23-14/h2-5,10H,6-9H2,1H3. The lowest BCUT2D eigenvalue weighted by molar-refractivity contribution is -0.143. The molecule has 1 aromatic heterocycles. The number of amides is 1. The van der Waals surface area contributed by atoms with Crippen molar-refractivity contribution in [3.63, 3.8) is 0 Å². The van der Waals surface area contributed by atoms with Crippen molar-refractivity contribution in [3.05, 3.63) is 34.2 Å². The van der Waals surface area contributed by atoms with Crippen LogP contribution >= 0.6 is 22.9 Å². The Bertz CT molecular complexity index is 739. The number of carbonyl (C=O) groups is 2. The predicted octanol–water partition coefficient (Wildman–Crippen LogP) is 2.96. The van der Waals surface area contributed by atoms with Gasteiger partial charge in [0.15, 0.2) is 6.10 Å². The molecule has 3 rings (SSSR count). The fraction of sp³-hybridized carbons (Fsp3) is 0.375. The Kier molecular flexibility index (Phi) is 4.84. The third-order valence-corrected chi connectivity index (χ3v) is 5.33. The first-order valence-electron chi connectivity index (χ1n) is 7.32. The van der Waals surface area contributed by atoms with Crippen molar-refractivity contribution < 1.29 is 19.1 Å². The third kappa shape index (κ3) is 3.34. The second-order valence-corrected chi connectivity index (χ2v) is 6.66. The number of morpholine rings is 1. The van der Waals surface area contributed by atoms with E-state index >= 15 is 0 Å². The maximum absolute atomic E-state index is 12.3. The van der Waals surface area contributed by atoms with Crippen molar-refractivity contribution in [1.82, 2.24) is 4.90 Å². The van der Waals surface area contributed by atoms with Gasteiger partial charge in [-0.1, -0.05) is 29.8 Å². The smallest absolute Gasteiger partial charge is 0.350 e. The average Bonchev–Trinajstić information content (AvgIpc) is 2.92. The molecular weight excluding hydrogens is 338 g/mol. The number of rotatable bonds is 3. The van der Waals surface area contributed by atoms with Gasteiger partial charge in [0.2, 0.25) is 0 Å². The van der Waals surface area contributed by atoms with Gasteiger partial charge >= 0.3 is 5.97 Å². The van der Waals surface area contributed by atoms with Crippen LogP contribution in [-0.2, 0) is 14.3 Å². The Morgan fingerprint density at radius 1 is 1.30 bits per heavy atom. The number of hydrogen-bond acceptors (Lipinski definition) is 5. The maximum atomic E-state index is 12.3. The summed E-state index contributed by atoms with van der Waals surface area (Å²) in [6, 6.07) is 7.49. The minimum atomic E-state index is -0.845. The summed E-state index contributed by atoms with van der Waals surface area (Å²) in [7, 11) is 0. The molecule has 0 aliphatic carbocycles. The van der Waals surface area contributed by atoms with Crippen LogP contribution in [0.15, 0.2) is 24.3 Å². The van der Waals surface area contributed by atoms with Crippen molar-refractivity contribution in [3.8, 4) is 0 Å². The van der Waals surface area contributed by atoms with Gasteiger partial charge in [0.25, 0.3) is 5.91 Å². The van der Waals surface area contributed by atoms with E-state index in [0.29, 0.717) is 36.2 Å². The Balaban J connectivity index is 1.72. The first kappa shape index (κ1) is 16.2. The Labute approximate surface area is 142 Å². The molecule has 5 nitrogen and oxygen atoms in total. The number of fused-ring (bicyclic) bond motifs is 1. The van der Waals surface area contributed by atoms with Crippen LogP contribution in [-0.4, -0.2) is 49.2 Å². The normalized spacial score (nSPS) is 16.3. The number of carbonyl (C=O) groups excluding carboxylic acids is 2. The van der Waals surface area contributed by atoms with Crippen LogP contribution in [0.1, 0.15) is 16.6 Å². The van der Waals surface area contributed by atoms with Gasteiger partial charge in [-0.05, 0) is 13.0 Å². The van der Waals surface area contributed by atoms with E-state index in [-0.39, 0.29) is 5.91 Å². The Morgan fingerprint density at radius 2 is 2.00 bits per heavy atom. The van der Waals surface area contributed by atoms with Crippen LogP contribution in [0.2, 0.25) is 5.02 Å². The second-order valence-electron chi connectivity index (χ2n) is 5.23. The lowest BCUT2D eigenvalue weighted by Crippen LogP contribution is -2.46. The molecule has 0 N–H and O–H groups in total. The maximum Gasteiger partial charge on any atom is 0.350 e. The summed E-state index contributed by atoms with van der Waals surface area (Å²) in [6.45, 7) is 3.63. The van der Waals surface area contributed by atoms with E-state index in [1.165, 1.54) is 11.3 Å². The molecule has 1 saturated heterocycles. The molecule has 1 aliphatic heterocycles. The van der Waals surface area contributed by atoms with Crippen molar-refractivity contribution in [2.45, 2.75) is 13.0 Å². The van der Waals surface area contributed by atoms with Crippen LogP contribution in [0.3, 0.4) is 0 Å². The number of benzene rings is 1. The molecular formula is C16H16ClNO4S. The molecule has 122 valence electrons. The molecule has 2 aromatic rings.